The molecule has 0 heterocycles. The number of aliphatic carboxylic acids is 1. The summed E-state index contributed by atoms with van der Waals surface area (Å²) in [5, 5.41) is 14.8. The van der Waals surface area contributed by atoms with Gasteiger partial charge in [0, 0.05) is 12.1 Å². The number of carboxylic acids is 1. The Bertz CT molecular complexity index is 361. The maximum Gasteiger partial charge on any atom is 0.315 e. The van der Waals surface area contributed by atoms with Crippen molar-refractivity contribution in [2.45, 2.75) is 76.8 Å². The van der Waals surface area contributed by atoms with Gasteiger partial charge < -0.3 is 15.7 Å². The van der Waals surface area contributed by atoms with Crippen molar-refractivity contribution in [3.8, 4) is 0 Å². The minimum atomic E-state index is -0.840. The van der Waals surface area contributed by atoms with E-state index in [1.807, 2.05) is 0 Å². The van der Waals surface area contributed by atoms with E-state index in [1.165, 1.54) is 25.7 Å². The number of amides is 2. The summed E-state index contributed by atoms with van der Waals surface area (Å²) in [5.74, 6) is 0.335. The summed E-state index contributed by atoms with van der Waals surface area (Å²) in [5.41, 5.74) is 0. The molecule has 0 aromatic carbocycles. The highest BCUT2D eigenvalue weighted by Crippen LogP contribution is 2.34. The van der Waals surface area contributed by atoms with E-state index in [4.69, 9.17) is 5.11 Å². The second kappa shape index (κ2) is 7.66. The van der Waals surface area contributed by atoms with Gasteiger partial charge in [0.05, 0.1) is 6.42 Å². The van der Waals surface area contributed by atoms with Gasteiger partial charge in [0.1, 0.15) is 0 Å². The van der Waals surface area contributed by atoms with E-state index in [9.17, 15) is 9.59 Å². The van der Waals surface area contributed by atoms with Gasteiger partial charge in [-0.15, -0.1) is 0 Å². The van der Waals surface area contributed by atoms with Crippen molar-refractivity contribution in [3.05, 3.63) is 0 Å². The Morgan fingerprint density at radius 2 is 1.81 bits per heavy atom. The van der Waals surface area contributed by atoms with Crippen LogP contribution in [0.15, 0.2) is 0 Å². The highest BCUT2D eigenvalue weighted by molar-refractivity contribution is 5.76. The molecule has 1 atom stereocenters. The zero-order valence-corrected chi connectivity index (χ0v) is 12.9. The summed E-state index contributed by atoms with van der Waals surface area (Å²) in [6.45, 7) is 2.22. The molecule has 0 aromatic rings. The van der Waals surface area contributed by atoms with E-state index in [1.54, 1.807) is 0 Å². The molecule has 21 heavy (non-hydrogen) atoms. The highest BCUT2D eigenvalue weighted by Gasteiger charge is 2.34. The average molecular weight is 296 g/mol. The number of nitrogens with one attached hydrogen (secondary N) is 2. The lowest BCUT2D eigenvalue weighted by Gasteiger charge is -2.29. The normalized spacial score (nSPS) is 26.9. The van der Waals surface area contributed by atoms with Crippen LogP contribution < -0.4 is 10.6 Å². The number of carbonyl (C=O) groups is 2. The van der Waals surface area contributed by atoms with E-state index in [0.29, 0.717) is 5.92 Å². The number of urea groups is 1. The van der Waals surface area contributed by atoms with Gasteiger partial charge >= 0.3 is 12.0 Å². The van der Waals surface area contributed by atoms with E-state index in [0.717, 1.165) is 31.6 Å². The number of rotatable bonds is 7. The standard InChI is InChI=1S/C16H28N2O3/c1-2-3-11-4-8-13(9-5-11)17-16(21)18-14(10-15(19)20)12-6-7-12/h11-14H,2-10H2,1H3,(H,19,20)(H2,17,18,21). The summed E-state index contributed by atoms with van der Waals surface area (Å²) < 4.78 is 0. The molecule has 2 aliphatic rings. The molecular weight excluding hydrogens is 268 g/mol. The van der Waals surface area contributed by atoms with Crippen LogP contribution in [0.2, 0.25) is 0 Å². The maximum absolute atomic E-state index is 12.0. The zero-order valence-electron chi connectivity index (χ0n) is 12.9. The fraction of sp³-hybridized carbons (Fsp3) is 0.875. The lowest BCUT2D eigenvalue weighted by atomic mass is 9.83. The van der Waals surface area contributed by atoms with E-state index in [-0.39, 0.29) is 24.5 Å². The van der Waals surface area contributed by atoms with Crippen molar-refractivity contribution < 1.29 is 14.7 Å². The molecule has 2 fully saturated rings. The molecule has 3 N–H and O–H groups in total. The van der Waals surface area contributed by atoms with Crippen molar-refractivity contribution in [2.75, 3.05) is 0 Å². The van der Waals surface area contributed by atoms with Gasteiger partial charge in [-0.3, -0.25) is 4.79 Å². The first-order valence-electron chi connectivity index (χ1n) is 8.37. The summed E-state index contributed by atoms with van der Waals surface area (Å²) >= 11 is 0. The van der Waals surface area contributed by atoms with Gasteiger partial charge in [0.25, 0.3) is 0 Å². The van der Waals surface area contributed by atoms with Crippen molar-refractivity contribution in [1.29, 1.82) is 0 Å². The van der Waals surface area contributed by atoms with Crippen LogP contribution in [0.3, 0.4) is 0 Å². The zero-order chi connectivity index (χ0) is 15.2. The largest absolute Gasteiger partial charge is 0.481 e. The van der Waals surface area contributed by atoms with Gasteiger partial charge in [0.2, 0.25) is 0 Å². The van der Waals surface area contributed by atoms with Gasteiger partial charge in [-0.2, -0.15) is 0 Å². The molecule has 1 unspecified atom stereocenters. The smallest absolute Gasteiger partial charge is 0.315 e. The topological polar surface area (TPSA) is 78.4 Å². The van der Waals surface area contributed by atoms with Gasteiger partial charge in [-0.25, -0.2) is 4.79 Å². The number of hydrogen-bond donors (Lipinski definition) is 3. The number of hydrogen-bond acceptors (Lipinski definition) is 2. The molecule has 120 valence electrons. The van der Waals surface area contributed by atoms with Crippen LogP contribution in [0.4, 0.5) is 4.79 Å². The molecular formula is C16H28N2O3. The molecule has 0 spiro atoms. The van der Waals surface area contributed by atoms with Gasteiger partial charge in [0.15, 0.2) is 0 Å². The predicted octanol–water partition coefficient (Wildman–Crippen LogP) is 2.90. The van der Waals surface area contributed by atoms with Crippen LogP contribution in [0.5, 0.6) is 0 Å². The van der Waals surface area contributed by atoms with Crippen LogP contribution >= 0.6 is 0 Å². The van der Waals surface area contributed by atoms with Gasteiger partial charge in [-0.1, -0.05) is 19.8 Å². The van der Waals surface area contributed by atoms with Crippen molar-refractivity contribution >= 4 is 12.0 Å². The van der Waals surface area contributed by atoms with Crippen LogP contribution in [-0.4, -0.2) is 29.2 Å². The Morgan fingerprint density at radius 3 is 2.33 bits per heavy atom. The molecule has 0 aliphatic heterocycles. The van der Waals surface area contributed by atoms with Crippen molar-refractivity contribution in [2.24, 2.45) is 11.8 Å². The number of carboxylic acid groups (broad SMARTS) is 1. The molecule has 2 saturated carbocycles. The minimum Gasteiger partial charge on any atom is -0.481 e. The Morgan fingerprint density at radius 1 is 1.14 bits per heavy atom. The fourth-order valence-electron chi connectivity index (χ4n) is 3.42. The van der Waals surface area contributed by atoms with E-state index < -0.39 is 5.97 Å². The molecule has 0 aromatic heterocycles. The Labute approximate surface area is 126 Å². The van der Waals surface area contributed by atoms with Crippen LogP contribution in [0, 0.1) is 11.8 Å². The van der Waals surface area contributed by atoms with Crippen LogP contribution in [-0.2, 0) is 4.79 Å². The second-order valence-electron chi connectivity index (χ2n) is 6.67. The monoisotopic (exact) mass is 296 g/mol. The second-order valence-corrected chi connectivity index (χ2v) is 6.67. The van der Waals surface area contributed by atoms with Crippen LogP contribution in [0.25, 0.3) is 0 Å². The molecule has 2 amide bonds. The van der Waals surface area contributed by atoms with E-state index >= 15 is 0 Å². The fourth-order valence-corrected chi connectivity index (χ4v) is 3.42. The molecule has 5 heteroatoms. The number of carbonyl (C=O) groups excluding carboxylic acids is 1. The van der Waals surface area contributed by atoms with Crippen LogP contribution in [0.1, 0.15) is 64.7 Å². The van der Waals surface area contributed by atoms with Crippen molar-refractivity contribution in [3.63, 3.8) is 0 Å². The third-order valence-corrected chi connectivity index (χ3v) is 4.78. The molecule has 2 rings (SSSR count). The molecule has 0 saturated heterocycles. The Kier molecular flexibility index (Phi) is 5.88. The summed E-state index contributed by atoms with van der Waals surface area (Å²) in [4.78, 5) is 22.9. The average Bonchev–Trinajstić information content (AvgIpc) is 3.24. The third-order valence-electron chi connectivity index (χ3n) is 4.78. The van der Waals surface area contributed by atoms with E-state index in [2.05, 4.69) is 17.6 Å². The first-order valence-corrected chi connectivity index (χ1v) is 8.37. The molecule has 2 aliphatic carbocycles. The summed E-state index contributed by atoms with van der Waals surface area (Å²) in [6, 6.07) is -0.145. The SMILES string of the molecule is CCCC1CCC(NC(=O)NC(CC(=O)O)C2CC2)CC1. The lowest BCUT2D eigenvalue weighted by molar-refractivity contribution is -0.137. The summed E-state index contributed by atoms with van der Waals surface area (Å²) in [7, 11) is 0. The molecule has 0 radical (unpaired) electrons. The minimum absolute atomic E-state index is 0.0291. The Balaban J connectivity index is 1.70. The van der Waals surface area contributed by atoms with Crippen molar-refractivity contribution in [1.82, 2.24) is 10.6 Å². The molecule has 5 nitrogen and oxygen atoms in total. The maximum atomic E-state index is 12.0. The summed E-state index contributed by atoms with van der Waals surface area (Å²) in [6.07, 6.45) is 9.10. The Hall–Kier alpha value is -1.26. The quantitative estimate of drug-likeness (QED) is 0.676. The first-order chi connectivity index (χ1) is 10.1. The third kappa shape index (κ3) is 5.56. The first kappa shape index (κ1) is 16.1. The van der Waals surface area contributed by atoms with Gasteiger partial charge in [-0.05, 0) is 50.4 Å². The lowest BCUT2D eigenvalue weighted by Crippen LogP contribution is -2.48. The highest BCUT2D eigenvalue weighted by atomic mass is 16.4. The predicted molar refractivity (Wildman–Crippen MR) is 81.1 cm³/mol. The molecule has 0 bridgehead atoms.